The van der Waals surface area contributed by atoms with Gasteiger partial charge in [-0.25, -0.2) is 0 Å². The van der Waals surface area contributed by atoms with Gasteiger partial charge in [0.05, 0.1) is 10.6 Å². The summed E-state index contributed by atoms with van der Waals surface area (Å²) >= 11 is 18.9. The van der Waals surface area contributed by atoms with Crippen LogP contribution in [0.3, 0.4) is 0 Å². The maximum absolute atomic E-state index is 12.8. The van der Waals surface area contributed by atoms with Crippen LogP contribution in [-0.4, -0.2) is 16.0 Å². The highest BCUT2D eigenvalue weighted by molar-refractivity contribution is 8.27. The third-order valence-corrected chi connectivity index (χ3v) is 5.56. The minimum atomic E-state index is -0.249. The Labute approximate surface area is 164 Å². The summed E-state index contributed by atoms with van der Waals surface area (Å²) in [7, 11) is 0. The quantitative estimate of drug-likeness (QED) is 0.376. The van der Waals surface area contributed by atoms with E-state index in [1.165, 1.54) is 23.6 Å². The SMILES string of the molecule is CC(=O)c1ccc(N2C(=O)C(=Cc3c(Cl)cccc3Cl)SC2=S)cc1. The molecule has 1 heterocycles. The maximum Gasteiger partial charge on any atom is 0.270 e. The molecule has 7 heteroatoms. The summed E-state index contributed by atoms with van der Waals surface area (Å²) in [5, 5.41) is 0.923. The number of ketones is 1. The van der Waals surface area contributed by atoms with Gasteiger partial charge in [0, 0.05) is 21.2 Å². The van der Waals surface area contributed by atoms with E-state index in [-0.39, 0.29) is 11.7 Å². The predicted octanol–water partition coefficient (Wildman–Crippen LogP) is 5.60. The molecule has 0 saturated carbocycles. The van der Waals surface area contributed by atoms with Crippen LogP contribution >= 0.6 is 47.2 Å². The van der Waals surface area contributed by atoms with Gasteiger partial charge in [0.1, 0.15) is 0 Å². The average molecular weight is 408 g/mol. The molecule has 0 N–H and O–H groups in total. The van der Waals surface area contributed by atoms with Gasteiger partial charge in [-0.15, -0.1) is 0 Å². The summed E-state index contributed by atoms with van der Waals surface area (Å²) in [5.74, 6) is -0.285. The van der Waals surface area contributed by atoms with Crippen LogP contribution in [-0.2, 0) is 4.79 Å². The van der Waals surface area contributed by atoms with E-state index >= 15 is 0 Å². The molecule has 0 aromatic heterocycles. The van der Waals surface area contributed by atoms with E-state index in [4.69, 9.17) is 35.4 Å². The van der Waals surface area contributed by atoms with Crippen LogP contribution in [0.4, 0.5) is 5.69 Å². The molecule has 0 unspecified atom stereocenters. The molecule has 0 bridgehead atoms. The van der Waals surface area contributed by atoms with Crippen LogP contribution in [0.15, 0.2) is 47.4 Å². The van der Waals surface area contributed by atoms with Gasteiger partial charge in [-0.2, -0.15) is 0 Å². The molecular weight excluding hydrogens is 397 g/mol. The molecular formula is C18H11Cl2NO2S2. The molecule has 25 heavy (non-hydrogen) atoms. The lowest BCUT2D eigenvalue weighted by Gasteiger charge is -2.14. The molecule has 3 nitrogen and oxygen atoms in total. The Kier molecular flexibility index (Phi) is 5.29. The molecule has 2 aromatic rings. The first-order chi connectivity index (χ1) is 11.9. The van der Waals surface area contributed by atoms with E-state index in [1.807, 2.05) is 0 Å². The summed E-state index contributed by atoms with van der Waals surface area (Å²) in [6.07, 6.45) is 1.65. The van der Waals surface area contributed by atoms with Crippen molar-refractivity contribution in [2.75, 3.05) is 4.90 Å². The Hall–Kier alpha value is -1.66. The molecule has 1 amide bonds. The van der Waals surface area contributed by atoms with E-state index < -0.39 is 0 Å². The van der Waals surface area contributed by atoms with Gasteiger partial charge < -0.3 is 0 Å². The van der Waals surface area contributed by atoms with Crippen LogP contribution in [0.25, 0.3) is 6.08 Å². The van der Waals surface area contributed by atoms with E-state index in [2.05, 4.69) is 0 Å². The van der Waals surface area contributed by atoms with Crippen LogP contribution < -0.4 is 4.90 Å². The highest BCUT2D eigenvalue weighted by Crippen LogP contribution is 2.38. The van der Waals surface area contributed by atoms with Gasteiger partial charge in [0.25, 0.3) is 5.91 Å². The van der Waals surface area contributed by atoms with E-state index in [0.717, 1.165) is 0 Å². The van der Waals surface area contributed by atoms with Crippen molar-refractivity contribution < 1.29 is 9.59 Å². The van der Waals surface area contributed by atoms with Gasteiger partial charge in [0.15, 0.2) is 10.1 Å². The number of Topliss-reactive ketones (excluding diaryl/α,β-unsaturated/α-hetero) is 1. The molecule has 0 radical (unpaired) electrons. The molecule has 0 aliphatic carbocycles. The first kappa shape index (κ1) is 18.1. The van der Waals surface area contributed by atoms with Crippen LogP contribution in [0.1, 0.15) is 22.8 Å². The molecule has 1 saturated heterocycles. The smallest absolute Gasteiger partial charge is 0.270 e. The number of rotatable bonds is 3. The zero-order valence-electron chi connectivity index (χ0n) is 13.0. The second-order valence-corrected chi connectivity index (χ2v) is 7.75. The van der Waals surface area contributed by atoms with Crippen molar-refractivity contribution >= 4 is 75.0 Å². The highest BCUT2D eigenvalue weighted by Gasteiger charge is 2.33. The fraction of sp³-hybridized carbons (Fsp3) is 0.0556. The van der Waals surface area contributed by atoms with Gasteiger partial charge in [0.2, 0.25) is 0 Å². The molecule has 126 valence electrons. The largest absolute Gasteiger partial charge is 0.295 e. The minimum Gasteiger partial charge on any atom is -0.295 e. The zero-order chi connectivity index (χ0) is 18.1. The van der Waals surface area contributed by atoms with Crippen molar-refractivity contribution in [3.8, 4) is 0 Å². The topological polar surface area (TPSA) is 37.4 Å². The number of hydrogen-bond acceptors (Lipinski definition) is 4. The summed E-state index contributed by atoms with van der Waals surface area (Å²) in [5.41, 5.74) is 1.77. The molecule has 0 spiro atoms. The Morgan fingerprint density at radius 3 is 2.28 bits per heavy atom. The number of nitrogens with zero attached hydrogens (tertiary/aromatic N) is 1. The lowest BCUT2D eigenvalue weighted by atomic mass is 10.1. The van der Waals surface area contributed by atoms with Crippen molar-refractivity contribution in [1.82, 2.24) is 0 Å². The van der Waals surface area contributed by atoms with Gasteiger partial charge in [-0.05, 0) is 49.4 Å². The van der Waals surface area contributed by atoms with Crippen LogP contribution in [0.5, 0.6) is 0 Å². The standard InChI is InChI=1S/C18H11Cl2NO2S2/c1-10(22)11-5-7-12(8-6-11)21-17(23)16(25-18(21)24)9-13-14(19)3-2-4-15(13)20/h2-9H,1H3. The summed E-state index contributed by atoms with van der Waals surface area (Å²) < 4.78 is 0.412. The predicted molar refractivity (Wildman–Crippen MR) is 109 cm³/mol. The number of carbonyl (C=O) groups is 2. The Bertz CT molecular complexity index is 903. The summed E-state index contributed by atoms with van der Waals surface area (Å²) in [6.45, 7) is 1.49. The number of hydrogen-bond donors (Lipinski definition) is 0. The third-order valence-electron chi connectivity index (χ3n) is 3.60. The lowest BCUT2D eigenvalue weighted by Crippen LogP contribution is -2.27. The van der Waals surface area contributed by atoms with Gasteiger partial charge in [-0.3, -0.25) is 14.5 Å². The van der Waals surface area contributed by atoms with Crippen molar-refractivity contribution in [3.63, 3.8) is 0 Å². The Morgan fingerprint density at radius 2 is 1.72 bits per heavy atom. The zero-order valence-corrected chi connectivity index (χ0v) is 16.1. The van der Waals surface area contributed by atoms with Crippen LogP contribution in [0.2, 0.25) is 10.0 Å². The maximum atomic E-state index is 12.8. The van der Waals surface area contributed by atoms with E-state index in [0.29, 0.717) is 36.1 Å². The number of thioether (sulfide) groups is 1. The number of carbonyl (C=O) groups excluding carboxylic acids is 2. The van der Waals surface area contributed by atoms with Gasteiger partial charge in [-0.1, -0.05) is 53.2 Å². The minimum absolute atomic E-state index is 0.0369. The second-order valence-electron chi connectivity index (χ2n) is 5.26. The number of amides is 1. The number of benzene rings is 2. The normalized spacial score (nSPS) is 16.0. The summed E-state index contributed by atoms with van der Waals surface area (Å²) in [4.78, 5) is 26.0. The first-order valence-electron chi connectivity index (χ1n) is 7.21. The van der Waals surface area contributed by atoms with E-state index in [9.17, 15) is 9.59 Å². The highest BCUT2D eigenvalue weighted by atomic mass is 35.5. The second kappa shape index (κ2) is 7.30. The summed E-state index contributed by atoms with van der Waals surface area (Å²) in [6, 6.07) is 11.9. The number of thiocarbonyl (C=S) groups is 1. The van der Waals surface area contributed by atoms with Gasteiger partial charge >= 0.3 is 0 Å². The fourth-order valence-corrected chi connectivity index (χ4v) is 4.10. The van der Waals surface area contributed by atoms with Crippen molar-refractivity contribution in [1.29, 1.82) is 0 Å². The monoisotopic (exact) mass is 407 g/mol. The van der Waals surface area contributed by atoms with Crippen molar-refractivity contribution in [2.45, 2.75) is 6.92 Å². The Morgan fingerprint density at radius 1 is 1.12 bits per heavy atom. The molecule has 1 fully saturated rings. The molecule has 3 rings (SSSR count). The average Bonchev–Trinajstić information content (AvgIpc) is 2.85. The number of halogens is 2. The van der Waals surface area contributed by atoms with Crippen LogP contribution in [0, 0.1) is 0 Å². The van der Waals surface area contributed by atoms with Crippen molar-refractivity contribution in [2.24, 2.45) is 0 Å². The molecule has 1 aliphatic rings. The molecule has 2 aromatic carbocycles. The lowest BCUT2D eigenvalue weighted by molar-refractivity contribution is -0.113. The first-order valence-corrected chi connectivity index (χ1v) is 9.19. The van der Waals surface area contributed by atoms with Crippen molar-refractivity contribution in [3.05, 3.63) is 68.5 Å². The number of anilines is 1. The van der Waals surface area contributed by atoms with E-state index in [1.54, 1.807) is 48.5 Å². The fourth-order valence-electron chi connectivity index (χ4n) is 2.32. The molecule has 1 aliphatic heterocycles. The molecule has 0 atom stereocenters. The third kappa shape index (κ3) is 3.65. The Balaban J connectivity index is 1.95.